The molecule has 0 unspecified atom stereocenters. The van der Waals surface area contributed by atoms with E-state index in [0.29, 0.717) is 30.3 Å². The molecule has 1 N–H and O–H groups in total. The minimum Gasteiger partial charge on any atom is -0.490 e. The summed E-state index contributed by atoms with van der Waals surface area (Å²) in [6.07, 6.45) is 0. The van der Waals surface area contributed by atoms with Gasteiger partial charge in [0.2, 0.25) is 0 Å². The molecule has 29 heavy (non-hydrogen) atoms. The molecular weight excluding hydrogens is 366 g/mol. The molecule has 2 aromatic carbocycles. The summed E-state index contributed by atoms with van der Waals surface area (Å²) >= 11 is 0. The lowest BCUT2D eigenvalue weighted by Gasteiger charge is -2.34. The first-order chi connectivity index (χ1) is 14.0. The quantitative estimate of drug-likeness (QED) is 0.770. The van der Waals surface area contributed by atoms with Gasteiger partial charge in [-0.3, -0.25) is 4.79 Å². The number of carbonyl (C=O) groups is 1. The monoisotopic (exact) mass is 397 g/mol. The summed E-state index contributed by atoms with van der Waals surface area (Å²) in [4.78, 5) is 17.5. The van der Waals surface area contributed by atoms with Gasteiger partial charge in [0, 0.05) is 43.1 Å². The molecule has 6 heteroatoms. The van der Waals surface area contributed by atoms with Crippen LogP contribution in [0.25, 0.3) is 0 Å². The molecule has 3 rings (SSSR count). The molecule has 0 atom stereocenters. The third kappa shape index (κ3) is 5.21. The van der Waals surface area contributed by atoms with Crippen LogP contribution in [0.3, 0.4) is 0 Å². The topological polar surface area (TPSA) is 54.0 Å². The van der Waals surface area contributed by atoms with Crippen molar-refractivity contribution in [3.8, 4) is 11.5 Å². The Labute approximate surface area is 173 Å². The van der Waals surface area contributed by atoms with Gasteiger partial charge in [-0.2, -0.15) is 0 Å². The summed E-state index contributed by atoms with van der Waals surface area (Å²) in [5, 5.41) is 3.02. The van der Waals surface area contributed by atoms with E-state index in [1.165, 1.54) is 5.69 Å². The lowest BCUT2D eigenvalue weighted by molar-refractivity contribution is 0.102. The normalized spacial score (nSPS) is 14.6. The van der Waals surface area contributed by atoms with E-state index in [-0.39, 0.29) is 5.91 Å². The van der Waals surface area contributed by atoms with Crippen LogP contribution < -0.4 is 19.7 Å². The standard InChI is InChI=1S/C23H31N3O3/c1-5-28-21-10-7-18(16-22(21)29-6-2)23(27)24-20-9-8-19(15-17(20)3)26-13-11-25(4)12-14-26/h7-10,15-16H,5-6,11-14H2,1-4H3,(H,24,27). The Morgan fingerprint density at radius 1 is 0.966 bits per heavy atom. The number of anilines is 2. The highest BCUT2D eigenvalue weighted by molar-refractivity contribution is 6.05. The average molecular weight is 398 g/mol. The molecule has 0 aliphatic carbocycles. The molecule has 6 nitrogen and oxygen atoms in total. The zero-order chi connectivity index (χ0) is 20.8. The van der Waals surface area contributed by atoms with Crippen LogP contribution in [-0.4, -0.2) is 57.2 Å². The zero-order valence-electron chi connectivity index (χ0n) is 17.8. The molecule has 2 aromatic rings. The van der Waals surface area contributed by atoms with Gasteiger partial charge < -0.3 is 24.6 Å². The van der Waals surface area contributed by atoms with E-state index in [4.69, 9.17) is 9.47 Å². The van der Waals surface area contributed by atoms with E-state index < -0.39 is 0 Å². The number of carbonyl (C=O) groups excluding carboxylic acids is 1. The molecule has 1 saturated heterocycles. The third-order valence-electron chi connectivity index (χ3n) is 5.13. The van der Waals surface area contributed by atoms with Gasteiger partial charge in [-0.25, -0.2) is 0 Å². The Bertz CT molecular complexity index is 845. The van der Waals surface area contributed by atoms with Crippen LogP contribution in [0.1, 0.15) is 29.8 Å². The van der Waals surface area contributed by atoms with Crippen molar-refractivity contribution >= 4 is 17.3 Å². The molecule has 0 radical (unpaired) electrons. The predicted molar refractivity (Wildman–Crippen MR) is 118 cm³/mol. The molecule has 1 aliphatic heterocycles. The Hall–Kier alpha value is -2.73. The van der Waals surface area contributed by atoms with Crippen LogP contribution in [0.15, 0.2) is 36.4 Å². The zero-order valence-corrected chi connectivity index (χ0v) is 17.8. The van der Waals surface area contributed by atoms with Crippen molar-refractivity contribution in [1.82, 2.24) is 4.90 Å². The molecule has 1 heterocycles. The second-order valence-electron chi connectivity index (χ2n) is 7.27. The molecule has 0 saturated carbocycles. The Morgan fingerprint density at radius 2 is 1.66 bits per heavy atom. The van der Waals surface area contributed by atoms with Gasteiger partial charge in [-0.15, -0.1) is 0 Å². The Balaban J connectivity index is 1.72. The van der Waals surface area contributed by atoms with Crippen LogP contribution in [0.5, 0.6) is 11.5 Å². The number of amides is 1. The predicted octanol–water partition coefficient (Wildman–Crippen LogP) is 3.80. The number of nitrogens with zero attached hydrogens (tertiary/aromatic N) is 2. The average Bonchev–Trinajstić information content (AvgIpc) is 2.71. The number of hydrogen-bond donors (Lipinski definition) is 1. The maximum absolute atomic E-state index is 12.8. The summed E-state index contributed by atoms with van der Waals surface area (Å²) in [5.41, 5.74) is 3.61. The minimum atomic E-state index is -0.163. The number of likely N-dealkylation sites (N-methyl/N-ethyl adjacent to an activating group) is 1. The molecule has 0 bridgehead atoms. The van der Waals surface area contributed by atoms with Crippen molar-refractivity contribution in [2.75, 3.05) is 56.7 Å². The SMILES string of the molecule is CCOc1ccc(C(=O)Nc2ccc(N3CCN(C)CC3)cc2C)cc1OCC. The number of nitrogens with one attached hydrogen (secondary N) is 1. The number of piperazine rings is 1. The first kappa shape index (κ1) is 21.0. The van der Waals surface area contributed by atoms with Gasteiger partial charge in [0.15, 0.2) is 11.5 Å². The fourth-order valence-corrected chi connectivity index (χ4v) is 3.44. The number of hydrogen-bond acceptors (Lipinski definition) is 5. The summed E-state index contributed by atoms with van der Waals surface area (Å²) in [6, 6.07) is 11.5. The van der Waals surface area contributed by atoms with E-state index in [2.05, 4.69) is 34.3 Å². The van der Waals surface area contributed by atoms with Gasteiger partial charge in [0.1, 0.15) is 0 Å². The van der Waals surface area contributed by atoms with Gasteiger partial charge in [0.05, 0.1) is 13.2 Å². The van der Waals surface area contributed by atoms with E-state index in [1.54, 1.807) is 18.2 Å². The lowest BCUT2D eigenvalue weighted by atomic mass is 10.1. The van der Waals surface area contributed by atoms with Gasteiger partial charge >= 0.3 is 0 Å². The fourth-order valence-electron chi connectivity index (χ4n) is 3.44. The van der Waals surface area contributed by atoms with Gasteiger partial charge in [-0.05, 0) is 69.8 Å². The summed E-state index contributed by atoms with van der Waals surface area (Å²) < 4.78 is 11.2. The van der Waals surface area contributed by atoms with Crippen LogP contribution in [-0.2, 0) is 0 Å². The number of ether oxygens (including phenoxy) is 2. The number of aryl methyl sites for hydroxylation is 1. The number of rotatable bonds is 7. The first-order valence-corrected chi connectivity index (χ1v) is 10.3. The summed E-state index contributed by atoms with van der Waals surface area (Å²) in [6.45, 7) is 11.1. The smallest absolute Gasteiger partial charge is 0.255 e. The van der Waals surface area contributed by atoms with Crippen molar-refractivity contribution < 1.29 is 14.3 Å². The molecular formula is C23H31N3O3. The summed E-state index contributed by atoms with van der Waals surface area (Å²) in [7, 11) is 2.15. The maximum Gasteiger partial charge on any atom is 0.255 e. The second-order valence-corrected chi connectivity index (χ2v) is 7.27. The molecule has 0 aromatic heterocycles. The van der Waals surface area contributed by atoms with Crippen molar-refractivity contribution in [2.24, 2.45) is 0 Å². The van der Waals surface area contributed by atoms with Crippen molar-refractivity contribution in [3.05, 3.63) is 47.5 Å². The van der Waals surface area contributed by atoms with Gasteiger partial charge in [0.25, 0.3) is 5.91 Å². The van der Waals surface area contributed by atoms with Crippen LogP contribution in [0, 0.1) is 6.92 Å². The molecule has 0 spiro atoms. The largest absolute Gasteiger partial charge is 0.490 e. The van der Waals surface area contributed by atoms with E-state index >= 15 is 0 Å². The van der Waals surface area contributed by atoms with Crippen molar-refractivity contribution in [2.45, 2.75) is 20.8 Å². The third-order valence-corrected chi connectivity index (χ3v) is 5.13. The highest BCUT2D eigenvalue weighted by atomic mass is 16.5. The maximum atomic E-state index is 12.8. The van der Waals surface area contributed by atoms with E-state index in [1.807, 2.05) is 26.8 Å². The Kier molecular flexibility index (Phi) is 6.99. The lowest BCUT2D eigenvalue weighted by Crippen LogP contribution is -2.44. The van der Waals surface area contributed by atoms with Crippen molar-refractivity contribution in [1.29, 1.82) is 0 Å². The number of benzene rings is 2. The van der Waals surface area contributed by atoms with Crippen LogP contribution >= 0.6 is 0 Å². The van der Waals surface area contributed by atoms with Gasteiger partial charge in [-0.1, -0.05) is 0 Å². The fraction of sp³-hybridized carbons (Fsp3) is 0.435. The summed E-state index contributed by atoms with van der Waals surface area (Å²) in [5.74, 6) is 1.08. The highest BCUT2D eigenvalue weighted by Gasteiger charge is 2.16. The second kappa shape index (κ2) is 9.65. The Morgan fingerprint density at radius 3 is 2.31 bits per heavy atom. The van der Waals surface area contributed by atoms with Crippen LogP contribution in [0.4, 0.5) is 11.4 Å². The van der Waals surface area contributed by atoms with Crippen LogP contribution in [0.2, 0.25) is 0 Å². The van der Waals surface area contributed by atoms with E-state index in [0.717, 1.165) is 37.4 Å². The molecule has 1 aliphatic rings. The minimum absolute atomic E-state index is 0.163. The molecule has 156 valence electrons. The molecule has 1 fully saturated rings. The molecule has 1 amide bonds. The first-order valence-electron chi connectivity index (χ1n) is 10.3. The van der Waals surface area contributed by atoms with E-state index in [9.17, 15) is 4.79 Å². The van der Waals surface area contributed by atoms with Crippen molar-refractivity contribution in [3.63, 3.8) is 0 Å². The highest BCUT2D eigenvalue weighted by Crippen LogP contribution is 2.29.